The third-order valence-corrected chi connectivity index (χ3v) is 4.00. The fourth-order valence-electron chi connectivity index (χ4n) is 2.43. The molecule has 0 heterocycles. The highest BCUT2D eigenvalue weighted by Crippen LogP contribution is 2.40. The summed E-state index contributed by atoms with van der Waals surface area (Å²) in [6, 6.07) is 0. The normalized spacial score (nSPS) is 34.9. The van der Waals surface area contributed by atoms with Gasteiger partial charge in [0.2, 0.25) is 0 Å². The molecule has 0 aromatic heterocycles. The molecule has 14 heavy (non-hydrogen) atoms. The monoisotopic (exact) mass is 199 g/mol. The van der Waals surface area contributed by atoms with Gasteiger partial charge >= 0.3 is 0 Å². The lowest BCUT2D eigenvalue weighted by Crippen LogP contribution is -2.58. The van der Waals surface area contributed by atoms with Crippen LogP contribution in [0.1, 0.15) is 53.4 Å². The number of hydrogen-bond acceptors (Lipinski definition) is 2. The molecule has 1 saturated carbocycles. The lowest BCUT2D eigenvalue weighted by molar-refractivity contribution is -0.0651. The van der Waals surface area contributed by atoms with E-state index in [1.54, 1.807) is 0 Å². The standard InChI is InChI=1S/C12H25NO/c1-9(2)10-5-7-12(14,8-6-10)11(3,4)13/h9-10,14H,5-8,13H2,1-4H3. The van der Waals surface area contributed by atoms with E-state index >= 15 is 0 Å². The van der Waals surface area contributed by atoms with Crippen LogP contribution in [0.2, 0.25) is 0 Å². The summed E-state index contributed by atoms with van der Waals surface area (Å²) in [5.74, 6) is 1.51. The SMILES string of the molecule is CC(C)C1CCC(O)(C(C)(C)N)CC1. The number of rotatable bonds is 2. The van der Waals surface area contributed by atoms with E-state index in [0.717, 1.165) is 37.5 Å². The van der Waals surface area contributed by atoms with E-state index in [9.17, 15) is 5.11 Å². The molecule has 1 fully saturated rings. The molecule has 1 aliphatic rings. The average molecular weight is 199 g/mol. The number of hydrogen-bond donors (Lipinski definition) is 2. The second-order valence-corrected chi connectivity index (χ2v) is 5.83. The molecule has 3 N–H and O–H groups in total. The molecule has 0 saturated heterocycles. The maximum absolute atomic E-state index is 10.4. The summed E-state index contributed by atoms with van der Waals surface area (Å²) < 4.78 is 0. The Kier molecular flexibility index (Phi) is 3.27. The Morgan fingerprint density at radius 1 is 1.29 bits per heavy atom. The maximum atomic E-state index is 10.4. The highest BCUT2D eigenvalue weighted by molar-refractivity contribution is 5.00. The highest BCUT2D eigenvalue weighted by atomic mass is 16.3. The quantitative estimate of drug-likeness (QED) is 0.717. The van der Waals surface area contributed by atoms with Crippen molar-refractivity contribution in [3.05, 3.63) is 0 Å². The van der Waals surface area contributed by atoms with Gasteiger partial charge in [-0.1, -0.05) is 13.8 Å². The molecule has 0 atom stereocenters. The summed E-state index contributed by atoms with van der Waals surface area (Å²) in [7, 11) is 0. The third-order valence-electron chi connectivity index (χ3n) is 4.00. The molecular weight excluding hydrogens is 174 g/mol. The van der Waals surface area contributed by atoms with Crippen molar-refractivity contribution in [3.8, 4) is 0 Å². The molecule has 0 unspecified atom stereocenters. The Balaban J connectivity index is 2.58. The summed E-state index contributed by atoms with van der Waals surface area (Å²) >= 11 is 0. The lowest BCUT2D eigenvalue weighted by Gasteiger charge is -2.45. The summed E-state index contributed by atoms with van der Waals surface area (Å²) in [5.41, 5.74) is 4.91. The molecule has 2 nitrogen and oxygen atoms in total. The van der Waals surface area contributed by atoms with Crippen LogP contribution in [-0.4, -0.2) is 16.2 Å². The van der Waals surface area contributed by atoms with Crippen LogP contribution in [0.4, 0.5) is 0 Å². The van der Waals surface area contributed by atoms with Crippen LogP contribution in [-0.2, 0) is 0 Å². The minimum atomic E-state index is -0.640. The second kappa shape index (κ2) is 3.82. The highest BCUT2D eigenvalue weighted by Gasteiger charge is 2.43. The van der Waals surface area contributed by atoms with Crippen molar-refractivity contribution in [3.63, 3.8) is 0 Å². The van der Waals surface area contributed by atoms with Crippen LogP contribution in [0.3, 0.4) is 0 Å². The molecular formula is C12H25NO. The van der Waals surface area contributed by atoms with Gasteiger partial charge in [-0.15, -0.1) is 0 Å². The average Bonchev–Trinajstić information content (AvgIpc) is 2.03. The summed E-state index contributed by atoms with van der Waals surface area (Å²) in [6.45, 7) is 8.40. The predicted molar refractivity (Wildman–Crippen MR) is 60.0 cm³/mol. The zero-order chi connectivity index (χ0) is 11.0. The van der Waals surface area contributed by atoms with Crippen molar-refractivity contribution >= 4 is 0 Å². The fourth-order valence-corrected chi connectivity index (χ4v) is 2.43. The first-order valence-electron chi connectivity index (χ1n) is 5.77. The summed E-state index contributed by atoms with van der Waals surface area (Å²) in [4.78, 5) is 0. The summed E-state index contributed by atoms with van der Waals surface area (Å²) in [5, 5.41) is 10.4. The van der Waals surface area contributed by atoms with Crippen molar-refractivity contribution < 1.29 is 5.11 Å². The summed E-state index contributed by atoms with van der Waals surface area (Å²) in [6.07, 6.45) is 3.96. The van der Waals surface area contributed by atoms with E-state index in [2.05, 4.69) is 13.8 Å². The van der Waals surface area contributed by atoms with Gasteiger partial charge < -0.3 is 10.8 Å². The van der Waals surface area contributed by atoms with Gasteiger partial charge in [0.15, 0.2) is 0 Å². The van der Waals surface area contributed by atoms with Gasteiger partial charge in [-0.3, -0.25) is 0 Å². The largest absolute Gasteiger partial charge is 0.388 e. The molecule has 0 aliphatic heterocycles. The molecule has 0 bridgehead atoms. The first kappa shape index (κ1) is 12.0. The molecule has 0 aromatic carbocycles. The molecule has 84 valence electrons. The van der Waals surface area contributed by atoms with E-state index in [0.29, 0.717) is 0 Å². The Hall–Kier alpha value is -0.0800. The fraction of sp³-hybridized carbons (Fsp3) is 1.00. The lowest BCUT2D eigenvalue weighted by atomic mass is 9.68. The van der Waals surface area contributed by atoms with Crippen molar-refractivity contribution in [1.29, 1.82) is 0 Å². The first-order valence-corrected chi connectivity index (χ1v) is 5.77. The molecule has 0 radical (unpaired) electrons. The van der Waals surface area contributed by atoms with Gasteiger partial charge in [-0.05, 0) is 51.4 Å². The van der Waals surface area contributed by atoms with Crippen molar-refractivity contribution in [1.82, 2.24) is 0 Å². The molecule has 0 spiro atoms. The number of nitrogens with two attached hydrogens (primary N) is 1. The van der Waals surface area contributed by atoms with Crippen LogP contribution in [0, 0.1) is 11.8 Å². The van der Waals surface area contributed by atoms with Gasteiger partial charge in [0.05, 0.1) is 5.60 Å². The van der Waals surface area contributed by atoms with Gasteiger partial charge in [0.1, 0.15) is 0 Å². The molecule has 1 aliphatic carbocycles. The molecule has 2 heteroatoms. The third kappa shape index (κ3) is 2.29. The second-order valence-electron chi connectivity index (χ2n) is 5.83. The van der Waals surface area contributed by atoms with Gasteiger partial charge in [-0.25, -0.2) is 0 Å². The van der Waals surface area contributed by atoms with Crippen LogP contribution in [0.25, 0.3) is 0 Å². The van der Waals surface area contributed by atoms with Gasteiger partial charge in [0.25, 0.3) is 0 Å². The zero-order valence-corrected chi connectivity index (χ0v) is 10.0. The van der Waals surface area contributed by atoms with E-state index in [4.69, 9.17) is 5.73 Å². The van der Waals surface area contributed by atoms with Crippen molar-refractivity contribution in [2.24, 2.45) is 17.6 Å². The van der Waals surface area contributed by atoms with E-state index in [1.807, 2.05) is 13.8 Å². The molecule has 1 rings (SSSR count). The van der Waals surface area contributed by atoms with Crippen molar-refractivity contribution in [2.45, 2.75) is 64.5 Å². The topological polar surface area (TPSA) is 46.2 Å². The minimum Gasteiger partial charge on any atom is -0.388 e. The van der Waals surface area contributed by atoms with Crippen LogP contribution in [0.5, 0.6) is 0 Å². The van der Waals surface area contributed by atoms with Crippen LogP contribution in [0.15, 0.2) is 0 Å². The van der Waals surface area contributed by atoms with E-state index < -0.39 is 11.1 Å². The predicted octanol–water partition coefficient (Wildman–Crippen LogP) is 2.30. The first-order chi connectivity index (χ1) is 6.26. The van der Waals surface area contributed by atoms with Gasteiger partial charge in [-0.2, -0.15) is 0 Å². The number of aliphatic hydroxyl groups is 1. The van der Waals surface area contributed by atoms with Crippen molar-refractivity contribution in [2.75, 3.05) is 0 Å². The maximum Gasteiger partial charge on any atom is 0.0821 e. The minimum absolute atomic E-state index is 0.463. The van der Waals surface area contributed by atoms with Gasteiger partial charge in [0, 0.05) is 5.54 Å². The van der Waals surface area contributed by atoms with Crippen LogP contribution >= 0.6 is 0 Å². The molecule has 0 amide bonds. The van der Waals surface area contributed by atoms with Crippen LogP contribution < -0.4 is 5.73 Å². The Morgan fingerprint density at radius 3 is 2.00 bits per heavy atom. The Bertz CT molecular complexity index is 185. The molecule has 0 aromatic rings. The Labute approximate surface area is 87.9 Å². The Morgan fingerprint density at radius 2 is 1.71 bits per heavy atom. The smallest absolute Gasteiger partial charge is 0.0821 e. The van der Waals surface area contributed by atoms with E-state index in [1.165, 1.54) is 0 Å². The van der Waals surface area contributed by atoms with E-state index in [-0.39, 0.29) is 0 Å². The zero-order valence-electron chi connectivity index (χ0n) is 10.0.